The molecule has 0 heterocycles. The fraction of sp³-hybridized carbons (Fsp3) is 1.00. The van der Waals surface area contributed by atoms with E-state index < -0.39 is 0 Å². The number of nitrogens with one attached hydrogen (secondary N) is 1. The van der Waals surface area contributed by atoms with E-state index in [0.29, 0.717) is 11.6 Å². The molecule has 1 atom stereocenters. The minimum atomic E-state index is 0.310. The molecule has 17 heavy (non-hydrogen) atoms. The zero-order valence-electron chi connectivity index (χ0n) is 13.1. The highest BCUT2D eigenvalue weighted by Crippen LogP contribution is 2.29. The van der Waals surface area contributed by atoms with Gasteiger partial charge in [0.15, 0.2) is 0 Å². The monoisotopic (exact) mass is 242 g/mol. The van der Waals surface area contributed by atoms with Gasteiger partial charge in [0.05, 0.1) is 0 Å². The molecule has 2 nitrogen and oxygen atoms in total. The number of hydrogen-bond acceptors (Lipinski definition) is 2. The number of nitrogens with zero attached hydrogens (tertiary/aromatic N) is 1. The van der Waals surface area contributed by atoms with Crippen molar-refractivity contribution < 1.29 is 0 Å². The molecule has 0 fully saturated rings. The van der Waals surface area contributed by atoms with Crippen LogP contribution in [0, 0.1) is 5.92 Å². The first-order valence-electron chi connectivity index (χ1n) is 7.35. The molecule has 0 bridgehead atoms. The molecule has 0 aromatic rings. The van der Waals surface area contributed by atoms with Crippen molar-refractivity contribution in [3.63, 3.8) is 0 Å². The second-order valence-electron chi connectivity index (χ2n) is 5.79. The maximum Gasteiger partial charge on any atom is 0.0351 e. The molecule has 0 aliphatic heterocycles. The van der Waals surface area contributed by atoms with Gasteiger partial charge in [-0.25, -0.2) is 0 Å². The van der Waals surface area contributed by atoms with Crippen molar-refractivity contribution in [2.45, 2.75) is 71.9 Å². The number of hydrogen-bond donors (Lipinski definition) is 1. The third-order valence-electron chi connectivity index (χ3n) is 4.25. The zero-order valence-corrected chi connectivity index (χ0v) is 13.1. The quantitative estimate of drug-likeness (QED) is 0.665. The normalized spacial score (nSPS) is 14.6. The molecule has 0 spiro atoms. The van der Waals surface area contributed by atoms with Crippen molar-refractivity contribution in [1.82, 2.24) is 10.2 Å². The van der Waals surface area contributed by atoms with Gasteiger partial charge in [-0.05, 0) is 52.2 Å². The van der Waals surface area contributed by atoms with Gasteiger partial charge in [-0.1, -0.05) is 34.6 Å². The minimum absolute atomic E-state index is 0.310. The Balaban J connectivity index is 4.81. The summed E-state index contributed by atoms with van der Waals surface area (Å²) < 4.78 is 0. The molecule has 1 unspecified atom stereocenters. The first kappa shape index (κ1) is 16.9. The van der Waals surface area contributed by atoms with Gasteiger partial charge >= 0.3 is 0 Å². The molecule has 0 amide bonds. The van der Waals surface area contributed by atoms with E-state index in [9.17, 15) is 0 Å². The van der Waals surface area contributed by atoms with E-state index in [1.165, 1.54) is 25.7 Å². The van der Waals surface area contributed by atoms with Gasteiger partial charge in [-0.15, -0.1) is 0 Å². The summed E-state index contributed by atoms with van der Waals surface area (Å²) in [4.78, 5) is 2.43. The Kier molecular flexibility index (Phi) is 8.06. The van der Waals surface area contributed by atoms with Crippen LogP contribution in [0.1, 0.15) is 60.3 Å². The predicted molar refractivity (Wildman–Crippen MR) is 78.5 cm³/mol. The molecular formula is C15H34N2. The van der Waals surface area contributed by atoms with Crippen molar-refractivity contribution in [2.75, 3.05) is 20.6 Å². The lowest BCUT2D eigenvalue weighted by atomic mass is 9.80. The lowest BCUT2D eigenvalue weighted by Gasteiger charge is -2.46. The molecule has 0 aromatic carbocycles. The first-order chi connectivity index (χ1) is 7.94. The molecule has 2 heteroatoms. The molecule has 0 saturated heterocycles. The van der Waals surface area contributed by atoms with Crippen molar-refractivity contribution in [1.29, 1.82) is 0 Å². The van der Waals surface area contributed by atoms with Gasteiger partial charge in [0.2, 0.25) is 0 Å². The summed E-state index contributed by atoms with van der Waals surface area (Å²) in [5, 5.41) is 3.72. The van der Waals surface area contributed by atoms with Crippen LogP contribution in [0.5, 0.6) is 0 Å². The van der Waals surface area contributed by atoms with Crippen LogP contribution in [0.4, 0.5) is 0 Å². The number of likely N-dealkylation sites (N-methyl/N-ethyl adjacent to an activating group) is 2. The molecule has 1 N–H and O–H groups in total. The smallest absolute Gasteiger partial charge is 0.0351 e. The van der Waals surface area contributed by atoms with Crippen LogP contribution in [0.25, 0.3) is 0 Å². The van der Waals surface area contributed by atoms with Gasteiger partial charge in [-0.3, -0.25) is 0 Å². The summed E-state index contributed by atoms with van der Waals surface area (Å²) >= 11 is 0. The van der Waals surface area contributed by atoms with Gasteiger partial charge in [0.1, 0.15) is 0 Å². The average Bonchev–Trinajstić information content (AvgIpc) is 2.27. The third-order valence-corrected chi connectivity index (χ3v) is 4.25. The van der Waals surface area contributed by atoms with Crippen LogP contribution in [-0.2, 0) is 0 Å². The minimum Gasteiger partial charge on any atom is -0.312 e. The van der Waals surface area contributed by atoms with Crippen molar-refractivity contribution in [3.8, 4) is 0 Å². The van der Waals surface area contributed by atoms with Gasteiger partial charge in [0.25, 0.3) is 0 Å². The molecular weight excluding hydrogens is 208 g/mol. The summed E-state index contributed by atoms with van der Waals surface area (Å²) in [5.74, 6) is 0.796. The van der Waals surface area contributed by atoms with Gasteiger partial charge in [-0.2, -0.15) is 0 Å². The Bertz CT molecular complexity index is 183. The van der Waals surface area contributed by atoms with E-state index in [1.54, 1.807) is 0 Å². The van der Waals surface area contributed by atoms with Crippen LogP contribution >= 0.6 is 0 Å². The molecule has 0 aliphatic carbocycles. The standard InChI is InChI=1S/C15H34N2/c1-8-15(9-2,17(6)7)14(16-10-3)12-11-13(4)5/h13-14,16H,8-12H2,1-7H3. The Hall–Kier alpha value is -0.0800. The SMILES string of the molecule is CCNC(CCC(C)C)C(CC)(CC)N(C)C. The maximum absolute atomic E-state index is 3.72. The largest absolute Gasteiger partial charge is 0.312 e. The van der Waals surface area contributed by atoms with Crippen molar-refractivity contribution in [3.05, 3.63) is 0 Å². The van der Waals surface area contributed by atoms with Crippen molar-refractivity contribution >= 4 is 0 Å². The van der Waals surface area contributed by atoms with E-state index in [-0.39, 0.29) is 0 Å². The fourth-order valence-corrected chi connectivity index (χ4v) is 2.99. The Labute approximate surface area is 109 Å². The topological polar surface area (TPSA) is 15.3 Å². The van der Waals surface area contributed by atoms with Crippen LogP contribution in [0.15, 0.2) is 0 Å². The van der Waals surface area contributed by atoms with Crippen molar-refractivity contribution in [2.24, 2.45) is 5.92 Å². The second kappa shape index (κ2) is 8.10. The molecule has 104 valence electrons. The maximum atomic E-state index is 3.72. The van der Waals surface area contributed by atoms with Gasteiger partial charge < -0.3 is 10.2 Å². The van der Waals surface area contributed by atoms with E-state index >= 15 is 0 Å². The predicted octanol–water partition coefficient (Wildman–Crippen LogP) is 3.52. The summed E-state index contributed by atoms with van der Waals surface area (Å²) in [7, 11) is 4.46. The van der Waals surface area contributed by atoms with Gasteiger partial charge in [0, 0.05) is 11.6 Å². The number of rotatable bonds is 9. The Morgan fingerprint density at radius 3 is 1.82 bits per heavy atom. The molecule has 0 radical (unpaired) electrons. The average molecular weight is 242 g/mol. The van der Waals surface area contributed by atoms with E-state index in [4.69, 9.17) is 0 Å². The highest BCUT2D eigenvalue weighted by atomic mass is 15.2. The molecule has 0 aliphatic rings. The molecule has 0 rings (SSSR count). The van der Waals surface area contributed by atoms with Crippen LogP contribution in [-0.4, -0.2) is 37.1 Å². The first-order valence-corrected chi connectivity index (χ1v) is 7.35. The summed E-state index contributed by atoms with van der Waals surface area (Å²) in [6.07, 6.45) is 5.02. The lowest BCUT2D eigenvalue weighted by molar-refractivity contribution is 0.0822. The molecule has 0 aromatic heterocycles. The van der Waals surface area contributed by atoms with E-state index in [2.05, 4.69) is 58.9 Å². The molecule has 0 saturated carbocycles. The Morgan fingerprint density at radius 2 is 1.53 bits per heavy atom. The summed E-state index contributed by atoms with van der Waals surface area (Å²) in [6.45, 7) is 12.6. The van der Waals surface area contributed by atoms with Crippen LogP contribution < -0.4 is 5.32 Å². The van der Waals surface area contributed by atoms with Crippen LogP contribution in [0.2, 0.25) is 0 Å². The fourth-order valence-electron chi connectivity index (χ4n) is 2.99. The lowest BCUT2D eigenvalue weighted by Crippen LogP contribution is -2.58. The highest BCUT2D eigenvalue weighted by molar-refractivity contribution is 4.96. The van der Waals surface area contributed by atoms with Crippen LogP contribution in [0.3, 0.4) is 0 Å². The summed E-state index contributed by atoms with van der Waals surface area (Å²) in [5.41, 5.74) is 0.310. The second-order valence-corrected chi connectivity index (χ2v) is 5.79. The van der Waals surface area contributed by atoms with E-state index in [1.807, 2.05) is 0 Å². The third kappa shape index (κ3) is 4.59. The Morgan fingerprint density at radius 1 is 1.00 bits per heavy atom. The zero-order chi connectivity index (χ0) is 13.5. The van der Waals surface area contributed by atoms with E-state index in [0.717, 1.165) is 12.5 Å². The summed E-state index contributed by atoms with van der Waals surface area (Å²) in [6, 6.07) is 0.611. The highest BCUT2D eigenvalue weighted by Gasteiger charge is 2.36.